The van der Waals surface area contributed by atoms with Crippen LogP contribution in [0, 0.1) is 19.8 Å². The maximum Gasteiger partial charge on any atom is 0.271 e. The molecule has 25 heavy (non-hydrogen) atoms. The van der Waals surface area contributed by atoms with Gasteiger partial charge in [-0.25, -0.2) is 0 Å². The van der Waals surface area contributed by atoms with E-state index in [1.807, 2.05) is 43.5 Å². The predicted molar refractivity (Wildman–Crippen MR) is 99.8 cm³/mol. The number of nitrogens with one attached hydrogen (secondary N) is 1. The molecule has 3 heterocycles. The molecule has 0 bridgehead atoms. The highest BCUT2D eigenvalue weighted by Crippen LogP contribution is 2.26. The Morgan fingerprint density at radius 2 is 2.16 bits per heavy atom. The largest absolute Gasteiger partial charge is 0.337 e. The van der Waals surface area contributed by atoms with Crippen molar-refractivity contribution in [2.24, 2.45) is 18.7 Å². The van der Waals surface area contributed by atoms with E-state index < -0.39 is 0 Å². The van der Waals surface area contributed by atoms with Crippen LogP contribution in [0.3, 0.4) is 0 Å². The molecular weight excluding hydrogens is 340 g/mol. The van der Waals surface area contributed by atoms with Crippen LogP contribution in [0.1, 0.15) is 41.6 Å². The number of likely N-dealkylation sites (tertiary alicyclic amines) is 1. The smallest absolute Gasteiger partial charge is 0.271 e. The molecule has 2 aromatic rings. The Kier molecular flexibility index (Phi) is 5.90. The second kappa shape index (κ2) is 7.58. The van der Waals surface area contributed by atoms with Gasteiger partial charge in [-0.2, -0.15) is 10.2 Å². The Balaban J connectivity index is 0.00000225. The number of aryl methyl sites for hydroxylation is 2. The molecule has 7 nitrogen and oxygen atoms in total. The van der Waals surface area contributed by atoms with Crippen LogP contribution < -0.4 is 5.73 Å². The first kappa shape index (κ1) is 19.5. The number of rotatable bonds is 3. The lowest BCUT2D eigenvalue weighted by molar-refractivity contribution is 0.0655. The molecule has 0 saturated carbocycles. The van der Waals surface area contributed by atoms with Crippen LogP contribution in [-0.2, 0) is 7.05 Å². The number of aromatic amines is 1. The van der Waals surface area contributed by atoms with Crippen LogP contribution >= 0.6 is 12.4 Å². The number of aromatic nitrogens is 4. The second-order valence-corrected chi connectivity index (χ2v) is 6.85. The number of carbonyl (C=O) groups is 1. The minimum absolute atomic E-state index is 0. The van der Waals surface area contributed by atoms with Gasteiger partial charge in [0.05, 0.1) is 11.4 Å². The summed E-state index contributed by atoms with van der Waals surface area (Å²) in [5, 5.41) is 11.7. The first-order valence-electron chi connectivity index (χ1n) is 8.49. The number of hydrogen-bond acceptors (Lipinski definition) is 4. The minimum atomic E-state index is -0.00158. The molecule has 1 aliphatic heterocycles. The summed E-state index contributed by atoms with van der Waals surface area (Å²) in [6, 6.07) is 1.94. The number of hydrogen-bond donors (Lipinski definition) is 2. The fraction of sp³-hybridized carbons (Fsp3) is 0.588. The van der Waals surface area contributed by atoms with Gasteiger partial charge in [0.15, 0.2) is 0 Å². The molecule has 0 radical (unpaired) electrons. The normalized spacial score (nSPS) is 18.8. The molecule has 1 amide bonds. The van der Waals surface area contributed by atoms with E-state index in [-0.39, 0.29) is 24.4 Å². The van der Waals surface area contributed by atoms with Crippen molar-refractivity contribution in [1.82, 2.24) is 24.9 Å². The third-order valence-corrected chi connectivity index (χ3v) is 5.06. The van der Waals surface area contributed by atoms with E-state index >= 15 is 0 Å². The van der Waals surface area contributed by atoms with Crippen LogP contribution in [0.15, 0.2) is 6.07 Å². The molecule has 2 aromatic heterocycles. The first-order valence-corrected chi connectivity index (χ1v) is 8.49. The molecule has 3 rings (SSSR count). The molecular formula is C17H27ClN6O. The highest BCUT2D eigenvalue weighted by molar-refractivity contribution is 5.93. The van der Waals surface area contributed by atoms with E-state index in [0.29, 0.717) is 11.6 Å². The van der Waals surface area contributed by atoms with E-state index in [4.69, 9.17) is 5.73 Å². The molecule has 1 fully saturated rings. The maximum atomic E-state index is 12.8. The van der Waals surface area contributed by atoms with Gasteiger partial charge in [-0.1, -0.05) is 0 Å². The van der Waals surface area contributed by atoms with Crippen molar-refractivity contribution in [3.8, 4) is 11.3 Å². The lowest BCUT2D eigenvalue weighted by Crippen LogP contribution is -2.45. The summed E-state index contributed by atoms with van der Waals surface area (Å²) in [5.41, 5.74) is 10.2. The van der Waals surface area contributed by atoms with Crippen LogP contribution in [0.5, 0.6) is 0 Å². The van der Waals surface area contributed by atoms with Crippen molar-refractivity contribution in [2.45, 2.75) is 39.7 Å². The standard InChI is InChI=1S/C17H26N6O.ClH/c1-10(18)13-6-5-7-23(9-13)17(24)15-8-14(19-20-15)16-11(2)21-22(4)12(16)3;/h8,10,13H,5-7,9,18H2,1-4H3,(H,19,20);1H. The first-order chi connectivity index (χ1) is 11.4. The average molecular weight is 367 g/mol. The Labute approximate surface area is 154 Å². The van der Waals surface area contributed by atoms with Crippen molar-refractivity contribution in [3.05, 3.63) is 23.1 Å². The SMILES string of the molecule is Cc1nn(C)c(C)c1-c1cc(C(=O)N2CCCC(C(C)N)C2)[nH]n1.Cl. The summed E-state index contributed by atoms with van der Waals surface area (Å²) in [7, 11) is 1.91. The third-order valence-electron chi connectivity index (χ3n) is 5.06. The van der Waals surface area contributed by atoms with Crippen LogP contribution in [0.25, 0.3) is 11.3 Å². The lowest BCUT2D eigenvalue weighted by atomic mass is 9.92. The monoisotopic (exact) mass is 366 g/mol. The van der Waals surface area contributed by atoms with E-state index in [9.17, 15) is 4.79 Å². The van der Waals surface area contributed by atoms with Crippen molar-refractivity contribution < 1.29 is 4.79 Å². The molecule has 0 aromatic carbocycles. The number of piperidine rings is 1. The minimum Gasteiger partial charge on any atom is -0.337 e. The molecule has 1 aliphatic rings. The van der Waals surface area contributed by atoms with Gasteiger partial charge in [0.2, 0.25) is 0 Å². The number of H-pyrrole nitrogens is 1. The highest BCUT2D eigenvalue weighted by Gasteiger charge is 2.27. The number of halogens is 1. The zero-order chi connectivity index (χ0) is 17.4. The van der Waals surface area contributed by atoms with Gasteiger partial charge in [-0.3, -0.25) is 14.6 Å². The molecule has 138 valence electrons. The van der Waals surface area contributed by atoms with Crippen LogP contribution in [-0.4, -0.2) is 49.9 Å². The van der Waals surface area contributed by atoms with Gasteiger partial charge in [0, 0.05) is 37.4 Å². The summed E-state index contributed by atoms with van der Waals surface area (Å²) < 4.78 is 1.83. The third kappa shape index (κ3) is 3.72. The fourth-order valence-corrected chi connectivity index (χ4v) is 3.50. The van der Waals surface area contributed by atoms with Gasteiger partial charge >= 0.3 is 0 Å². The van der Waals surface area contributed by atoms with Crippen molar-refractivity contribution in [3.63, 3.8) is 0 Å². The van der Waals surface area contributed by atoms with Crippen LogP contribution in [0.2, 0.25) is 0 Å². The molecule has 3 N–H and O–H groups in total. The lowest BCUT2D eigenvalue weighted by Gasteiger charge is -2.34. The summed E-state index contributed by atoms with van der Waals surface area (Å²) in [4.78, 5) is 14.7. The fourth-order valence-electron chi connectivity index (χ4n) is 3.50. The van der Waals surface area contributed by atoms with Gasteiger partial charge in [-0.05, 0) is 45.6 Å². The summed E-state index contributed by atoms with van der Waals surface area (Å²) in [5.74, 6) is 0.367. The summed E-state index contributed by atoms with van der Waals surface area (Å²) >= 11 is 0. The maximum absolute atomic E-state index is 12.8. The Bertz CT molecular complexity index is 750. The van der Waals surface area contributed by atoms with Gasteiger partial charge in [0.1, 0.15) is 5.69 Å². The number of nitrogens with zero attached hydrogens (tertiary/aromatic N) is 4. The molecule has 0 aliphatic carbocycles. The average Bonchev–Trinajstić information content (AvgIpc) is 3.12. The number of nitrogens with two attached hydrogens (primary N) is 1. The van der Waals surface area contributed by atoms with Gasteiger partial charge in [-0.15, -0.1) is 12.4 Å². The van der Waals surface area contributed by atoms with Crippen LogP contribution in [0.4, 0.5) is 0 Å². The zero-order valence-electron chi connectivity index (χ0n) is 15.2. The van der Waals surface area contributed by atoms with Gasteiger partial charge in [0.25, 0.3) is 5.91 Å². The topological polar surface area (TPSA) is 92.8 Å². The van der Waals surface area contributed by atoms with E-state index in [1.165, 1.54) is 0 Å². The number of amides is 1. The van der Waals surface area contributed by atoms with E-state index in [0.717, 1.165) is 48.6 Å². The Morgan fingerprint density at radius 3 is 2.76 bits per heavy atom. The zero-order valence-corrected chi connectivity index (χ0v) is 16.1. The number of carbonyl (C=O) groups excluding carboxylic acids is 1. The van der Waals surface area contributed by atoms with Crippen molar-refractivity contribution in [2.75, 3.05) is 13.1 Å². The highest BCUT2D eigenvalue weighted by atomic mass is 35.5. The van der Waals surface area contributed by atoms with E-state index in [1.54, 1.807) is 0 Å². The Morgan fingerprint density at radius 1 is 1.44 bits per heavy atom. The van der Waals surface area contributed by atoms with Crippen molar-refractivity contribution in [1.29, 1.82) is 0 Å². The molecule has 8 heteroatoms. The second-order valence-electron chi connectivity index (χ2n) is 6.85. The predicted octanol–water partition coefficient (Wildman–Crippen LogP) is 2.05. The van der Waals surface area contributed by atoms with E-state index in [2.05, 4.69) is 15.3 Å². The molecule has 2 unspecified atom stereocenters. The van der Waals surface area contributed by atoms with Gasteiger partial charge < -0.3 is 10.6 Å². The summed E-state index contributed by atoms with van der Waals surface area (Å²) in [6.45, 7) is 7.47. The quantitative estimate of drug-likeness (QED) is 0.869. The molecule has 0 spiro atoms. The van der Waals surface area contributed by atoms with Crippen molar-refractivity contribution >= 4 is 18.3 Å². The molecule has 1 saturated heterocycles. The molecule has 2 atom stereocenters. The summed E-state index contributed by atoms with van der Waals surface area (Å²) in [6.07, 6.45) is 2.09. The Hall–Kier alpha value is -1.86.